The van der Waals surface area contributed by atoms with Gasteiger partial charge in [0.15, 0.2) is 0 Å². The van der Waals surface area contributed by atoms with Gasteiger partial charge < -0.3 is 0 Å². The second-order valence-corrected chi connectivity index (χ2v) is 3.21. The Balaban J connectivity index is 3.08. The lowest BCUT2D eigenvalue weighted by Gasteiger charge is -2.01. The number of benzene rings is 1. The van der Waals surface area contributed by atoms with Crippen LogP contribution >= 0.6 is 15.9 Å². The van der Waals surface area contributed by atoms with E-state index in [0.29, 0.717) is 6.42 Å². The van der Waals surface area contributed by atoms with Gasteiger partial charge in [-0.15, -0.1) is 0 Å². The molecule has 1 aromatic rings. The largest absolute Gasteiger partial charge is 0.198 e. The zero-order valence-corrected chi connectivity index (χ0v) is 7.85. The smallest absolute Gasteiger partial charge is 0.0669 e. The summed E-state index contributed by atoms with van der Waals surface area (Å²) in [5.41, 5.74) is 2.26. The minimum Gasteiger partial charge on any atom is -0.198 e. The van der Waals surface area contributed by atoms with Gasteiger partial charge in [0, 0.05) is 4.47 Å². The summed E-state index contributed by atoms with van der Waals surface area (Å²) in [5, 5.41) is 8.47. The lowest BCUT2D eigenvalue weighted by Crippen LogP contribution is -1.87. The van der Waals surface area contributed by atoms with Crippen molar-refractivity contribution in [2.24, 2.45) is 0 Å². The monoisotopic (exact) mass is 209 g/mol. The first-order chi connectivity index (χ1) is 5.25. The number of hydrogen-bond donors (Lipinski definition) is 0. The predicted octanol–water partition coefficient (Wildman–Crippen LogP) is 2.82. The molecule has 0 heterocycles. The van der Waals surface area contributed by atoms with E-state index in [2.05, 4.69) is 22.0 Å². The summed E-state index contributed by atoms with van der Waals surface area (Å²) in [6.07, 6.45) is 0.491. The van der Waals surface area contributed by atoms with E-state index in [1.807, 2.05) is 25.1 Å². The average Bonchev–Trinajstić information content (AvgIpc) is 1.99. The normalized spacial score (nSPS) is 9.18. The van der Waals surface area contributed by atoms with Crippen molar-refractivity contribution in [3.05, 3.63) is 33.8 Å². The summed E-state index contributed by atoms with van der Waals surface area (Å²) in [6, 6.07) is 8.04. The standard InChI is InChI=1S/C9H8BrN/c1-7-8(5-6-11)3-2-4-9(7)10/h2-4H,5H2,1H3. The molecular formula is C9H8BrN. The Hall–Kier alpha value is -0.810. The molecular weight excluding hydrogens is 202 g/mol. The molecule has 1 nitrogen and oxygen atoms in total. The Morgan fingerprint density at radius 3 is 2.91 bits per heavy atom. The highest BCUT2D eigenvalue weighted by molar-refractivity contribution is 9.10. The highest BCUT2D eigenvalue weighted by Crippen LogP contribution is 2.19. The Morgan fingerprint density at radius 1 is 1.55 bits per heavy atom. The maximum absolute atomic E-state index is 8.47. The molecule has 0 saturated carbocycles. The molecule has 0 aliphatic carbocycles. The topological polar surface area (TPSA) is 23.8 Å². The first kappa shape index (κ1) is 8.29. The molecule has 0 spiro atoms. The number of nitrogens with zero attached hydrogens (tertiary/aromatic N) is 1. The van der Waals surface area contributed by atoms with E-state index in [1.54, 1.807) is 0 Å². The zero-order valence-electron chi connectivity index (χ0n) is 6.26. The highest BCUT2D eigenvalue weighted by atomic mass is 79.9. The number of hydrogen-bond acceptors (Lipinski definition) is 1. The first-order valence-corrected chi connectivity index (χ1v) is 4.16. The van der Waals surface area contributed by atoms with Crippen molar-refractivity contribution in [1.29, 1.82) is 5.26 Å². The summed E-state index contributed by atoms with van der Waals surface area (Å²) < 4.78 is 1.07. The van der Waals surface area contributed by atoms with Gasteiger partial charge >= 0.3 is 0 Å². The van der Waals surface area contributed by atoms with Crippen LogP contribution in [0.25, 0.3) is 0 Å². The van der Waals surface area contributed by atoms with Crippen molar-refractivity contribution < 1.29 is 0 Å². The molecule has 0 atom stereocenters. The molecule has 0 fully saturated rings. The van der Waals surface area contributed by atoms with E-state index >= 15 is 0 Å². The van der Waals surface area contributed by atoms with Crippen molar-refractivity contribution in [3.63, 3.8) is 0 Å². The molecule has 0 aliphatic rings. The number of nitriles is 1. The Labute approximate surface area is 74.8 Å². The van der Waals surface area contributed by atoms with Gasteiger partial charge in [0.25, 0.3) is 0 Å². The highest BCUT2D eigenvalue weighted by Gasteiger charge is 1.99. The second-order valence-electron chi connectivity index (χ2n) is 2.36. The molecule has 0 radical (unpaired) electrons. The quantitative estimate of drug-likeness (QED) is 0.699. The molecule has 11 heavy (non-hydrogen) atoms. The average molecular weight is 210 g/mol. The predicted molar refractivity (Wildman–Crippen MR) is 48.2 cm³/mol. The van der Waals surface area contributed by atoms with Gasteiger partial charge in [0.1, 0.15) is 0 Å². The fourth-order valence-electron chi connectivity index (χ4n) is 0.929. The SMILES string of the molecule is Cc1c(Br)cccc1CC#N. The van der Waals surface area contributed by atoms with Gasteiger partial charge in [-0.25, -0.2) is 0 Å². The third-order valence-corrected chi connectivity index (χ3v) is 2.51. The molecule has 0 unspecified atom stereocenters. The van der Waals surface area contributed by atoms with Gasteiger partial charge in [-0.3, -0.25) is 0 Å². The first-order valence-electron chi connectivity index (χ1n) is 3.36. The van der Waals surface area contributed by atoms with E-state index < -0.39 is 0 Å². The van der Waals surface area contributed by atoms with Gasteiger partial charge in [0.05, 0.1) is 12.5 Å². The second kappa shape index (κ2) is 3.54. The van der Waals surface area contributed by atoms with Crippen molar-refractivity contribution in [1.82, 2.24) is 0 Å². The third-order valence-electron chi connectivity index (χ3n) is 1.65. The van der Waals surface area contributed by atoms with Crippen LogP contribution in [0.15, 0.2) is 22.7 Å². The fraction of sp³-hybridized carbons (Fsp3) is 0.222. The molecule has 0 aromatic heterocycles. The van der Waals surface area contributed by atoms with Gasteiger partial charge in [-0.05, 0) is 24.1 Å². The van der Waals surface area contributed by atoms with E-state index in [9.17, 15) is 0 Å². The van der Waals surface area contributed by atoms with E-state index in [4.69, 9.17) is 5.26 Å². The van der Waals surface area contributed by atoms with E-state index in [0.717, 1.165) is 15.6 Å². The van der Waals surface area contributed by atoms with Crippen LogP contribution in [0.5, 0.6) is 0 Å². The lowest BCUT2D eigenvalue weighted by atomic mass is 10.1. The summed E-state index contributed by atoms with van der Waals surface area (Å²) in [5.74, 6) is 0. The molecule has 1 aromatic carbocycles. The van der Waals surface area contributed by atoms with Crippen molar-refractivity contribution in [2.75, 3.05) is 0 Å². The Morgan fingerprint density at radius 2 is 2.27 bits per heavy atom. The number of rotatable bonds is 1. The van der Waals surface area contributed by atoms with Crippen LogP contribution in [-0.2, 0) is 6.42 Å². The van der Waals surface area contributed by atoms with Crippen LogP contribution in [0.3, 0.4) is 0 Å². The van der Waals surface area contributed by atoms with Gasteiger partial charge in [-0.2, -0.15) is 5.26 Å². The molecule has 0 amide bonds. The molecule has 0 N–H and O–H groups in total. The van der Waals surface area contributed by atoms with E-state index in [1.165, 1.54) is 0 Å². The minimum atomic E-state index is 0.491. The number of halogens is 1. The van der Waals surface area contributed by atoms with Crippen LogP contribution in [0.4, 0.5) is 0 Å². The lowest BCUT2D eigenvalue weighted by molar-refractivity contribution is 1.20. The van der Waals surface area contributed by atoms with Crippen LogP contribution in [0, 0.1) is 18.3 Å². The minimum absolute atomic E-state index is 0.491. The van der Waals surface area contributed by atoms with Crippen molar-refractivity contribution in [2.45, 2.75) is 13.3 Å². The molecule has 0 bridgehead atoms. The van der Waals surface area contributed by atoms with E-state index in [-0.39, 0.29) is 0 Å². The molecule has 2 heteroatoms. The molecule has 0 aliphatic heterocycles. The van der Waals surface area contributed by atoms with Crippen molar-refractivity contribution in [3.8, 4) is 6.07 Å². The maximum Gasteiger partial charge on any atom is 0.0669 e. The van der Waals surface area contributed by atoms with Gasteiger partial charge in [0.2, 0.25) is 0 Å². The van der Waals surface area contributed by atoms with Crippen LogP contribution in [0.1, 0.15) is 11.1 Å². The van der Waals surface area contributed by atoms with Crippen molar-refractivity contribution >= 4 is 15.9 Å². The van der Waals surface area contributed by atoms with Crippen LogP contribution < -0.4 is 0 Å². The van der Waals surface area contributed by atoms with Crippen LogP contribution in [0.2, 0.25) is 0 Å². The fourth-order valence-corrected chi connectivity index (χ4v) is 1.34. The molecule has 1 rings (SSSR count). The summed E-state index contributed by atoms with van der Waals surface area (Å²) in [6.45, 7) is 2.01. The summed E-state index contributed by atoms with van der Waals surface area (Å²) in [4.78, 5) is 0. The van der Waals surface area contributed by atoms with Crippen LogP contribution in [-0.4, -0.2) is 0 Å². The molecule has 56 valence electrons. The summed E-state index contributed by atoms with van der Waals surface area (Å²) in [7, 11) is 0. The van der Waals surface area contributed by atoms with Gasteiger partial charge in [-0.1, -0.05) is 28.1 Å². The molecule has 0 saturated heterocycles. The zero-order chi connectivity index (χ0) is 8.27. The maximum atomic E-state index is 8.47. The Bertz CT molecular complexity index is 299. The third kappa shape index (κ3) is 1.81. The Kier molecular flexibility index (Phi) is 2.67. The summed E-state index contributed by atoms with van der Waals surface area (Å²) >= 11 is 3.41.